The normalized spacial score (nSPS) is 23.6. The van der Waals surface area contributed by atoms with Gasteiger partial charge in [0, 0.05) is 6.42 Å². The molecule has 1 aromatic rings. The molecule has 170 valence electrons. The molecule has 1 aromatic heterocycles. The van der Waals surface area contributed by atoms with Crippen LogP contribution in [0.4, 0.5) is 5.82 Å². The number of aromatic nitrogens is 3. The largest absolute Gasteiger partial charge is 0.394 e. The number of nitrogens with one attached hydrogen (secondary N) is 1. The molecule has 1 saturated heterocycles. The third-order valence-corrected chi connectivity index (χ3v) is 5.25. The molecule has 2 rings (SSSR count). The third-order valence-electron chi connectivity index (χ3n) is 5.25. The Labute approximate surface area is 176 Å². The number of aliphatic hydroxyl groups excluding tert-OH is 3. The molecule has 4 N–H and O–H groups in total. The number of unbranched alkanes of at least 4 members (excludes halogenated alkanes) is 8. The Morgan fingerprint density at radius 2 is 1.73 bits per heavy atom. The van der Waals surface area contributed by atoms with E-state index in [1.54, 1.807) is 0 Å². The fourth-order valence-corrected chi connectivity index (χ4v) is 3.47. The number of carbonyl (C=O) groups excluding carboxylic acids is 1. The SMILES string of the molecule is CCCCCCCCCCCC(=O)Nc1cnn([C@@H]2O[C@H](CO)[C@H](O)C2O)c(=O)n1. The highest BCUT2D eigenvalue weighted by molar-refractivity contribution is 5.89. The first-order chi connectivity index (χ1) is 14.5. The number of ether oxygens (including phenoxy) is 1. The van der Waals surface area contributed by atoms with Crippen LogP contribution in [0.2, 0.25) is 0 Å². The first-order valence-electron chi connectivity index (χ1n) is 10.9. The highest BCUT2D eigenvalue weighted by atomic mass is 16.6. The van der Waals surface area contributed by atoms with Crippen LogP contribution in [-0.4, -0.2) is 60.9 Å². The van der Waals surface area contributed by atoms with Gasteiger partial charge in [-0.2, -0.15) is 14.8 Å². The van der Waals surface area contributed by atoms with E-state index in [1.165, 1.54) is 44.7 Å². The Kier molecular flexibility index (Phi) is 10.4. The molecule has 1 amide bonds. The van der Waals surface area contributed by atoms with Crippen LogP contribution in [0, 0.1) is 0 Å². The van der Waals surface area contributed by atoms with Crippen LogP contribution in [0.25, 0.3) is 0 Å². The first kappa shape index (κ1) is 24.4. The number of aliphatic hydroxyl groups is 3. The van der Waals surface area contributed by atoms with Crippen molar-refractivity contribution in [2.24, 2.45) is 0 Å². The highest BCUT2D eigenvalue weighted by Gasteiger charge is 2.44. The van der Waals surface area contributed by atoms with Crippen molar-refractivity contribution < 1.29 is 24.9 Å². The summed E-state index contributed by atoms with van der Waals surface area (Å²) in [6, 6.07) is 0. The van der Waals surface area contributed by atoms with Crippen LogP contribution in [0.5, 0.6) is 0 Å². The van der Waals surface area contributed by atoms with E-state index in [0.29, 0.717) is 6.42 Å². The summed E-state index contributed by atoms with van der Waals surface area (Å²) in [5.74, 6) is -0.221. The van der Waals surface area contributed by atoms with Crippen molar-refractivity contribution in [3.63, 3.8) is 0 Å². The van der Waals surface area contributed by atoms with Crippen molar-refractivity contribution >= 4 is 11.7 Å². The summed E-state index contributed by atoms with van der Waals surface area (Å²) in [4.78, 5) is 28.0. The average molecular weight is 427 g/mol. The summed E-state index contributed by atoms with van der Waals surface area (Å²) in [7, 11) is 0. The van der Waals surface area contributed by atoms with Crippen LogP contribution >= 0.6 is 0 Å². The van der Waals surface area contributed by atoms with E-state index in [1.807, 2.05) is 0 Å². The summed E-state index contributed by atoms with van der Waals surface area (Å²) < 4.78 is 6.04. The van der Waals surface area contributed by atoms with Crippen LogP contribution in [0.3, 0.4) is 0 Å². The van der Waals surface area contributed by atoms with Gasteiger partial charge in [0.1, 0.15) is 18.3 Å². The van der Waals surface area contributed by atoms with Crippen LogP contribution in [0.1, 0.15) is 77.4 Å². The first-order valence-corrected chi connectivity index (χ1v) is 10.9. The van der Waals surface area contributed by atoms with Gasteiger partial charge >= 0.3 is 5.69 Å². The Morgan fingerprint density at radius 3 is 2.30 bits per heavy atom. The molecule has 0 aromatic carbocycles. The zero-order valence-electron chi connectivity index (χ0n) is 17.6. The molecule has 2 heterocycles. The molecule has 0 spiro atoms. The van der Waals surface area contributed by atoms with Crippen molar-refractivity contribution in [2.75, 3.05) is 11.9 Å². The molecule has 0 aliphatic carbocycles. The van der Waals surface area contributed by atoms with Gasteiger partial charge in [0.05, 0.1) is 12.8 Å². The fourth-order valence-electron chi connectivity index (χ4n) is 3.47. The van der Waals surface area contributed by atoms with Crippen LogP contribution < -0.4 is 11.0 Å². The van der Waals surface area contributed by atoms with Crippen molar-refractivity contribution in [1.82, 2.24) is 14.8 Å². The monoisotopic (exact) mass is 426 g/mol. The Bertz CT molecular complexity index is 713. The molecule has 10 nitrogen and oxygen atoms in total. The molecule has 1 aliphatic heterocycles. The smallest absolute Gasteiger partial charge is 0.368 e. The molecule has 0 radical (unpaired) electrons. The van der Waals surface area contributed by atoms with Gasteiger partial charge in [0.15, 0.2) is 12.0 Å². The molecular formula is C20H34N4O6. The maximum absolute atomic E-state index is 12.2. The molecule has 1 fully saturated rings. The molecule has 10 heteroatoms. The number of amides is 1. The van der Waals surface area contributed by atoms with E-state index in [9.17, 15) is 19.8 Å². The third kappa shape index (κ3) is 7.12. The van der Waals surface area contributed by atoms with Gasteiger partial charge in [-0.3, -0.25) is 4.79 Å². The Balaban J connectivity index is 1.73. The van der Waals surface area contributed by atoms with E-state index in [2.05, 4.69) is 22.3 Å². The number of rotatable bonds is 13. The summed E-state index contributed by atoms with van der Waals surface area (Å²) in [6.07, 6.45) is 6.90. The Hall–Kier alpha value is -1.88. The molecule has 4 atom stereocenters. The van der Waals surface area contributed by atoms with E-state index in [4.69, 9.17) is 9.84 Å². The van der Waals surface area contributed by atoms with Gasteiger partial charge in [-0.1, -0.05) is 58.3 Å². The molecule has 0 saturated carbocycles. The maximum atomic E-state index is 12.2. The number of hydrogen-bond acceptors (Lipinski definition) is 8. The second-order valence-corrected chi connectivity index (χ2v) is 7.72. The quantitative estimate of drug-likeness (QED) is 0.343. The highest BCUT2D eigenvalue weighted by Crippen LogP contribution is 2.27. The minimum absolute atomic E-state index is 0.0175. The van der Waals surface area contributed by atoms with Crippen molar-refractivity contribution in [3.05, 3.63) is 16.7 Å². The summed E-state index contributed by atoms with van der Waals surface area (Å²) in [5, 5.41) is 35.3. The van der Waals surface area contributed by atoms with Crippen LogP contribution in [-0.2, 0) is 9.53 Å². The molecule has 1 unspecified atom stereocenters. The Morgan fingerprint density at radius 1 is 1.10 bits per heavy atom. The van der Waals surface area contributed by atoms with E-state index < -0.39 is 36.8 Å². The van der Waals surface area contributed by atoms with Crippen LogP contribution in [0.15, 0.2) is 11.0 Å². The molecule has 0 bridgehead atoms. The predicted octanol–water partition coefficient (Wildman–Crippen LogP) is 1.11. The predicted molar refractivity (Wildman–Crippen MR) is 110 cm³/mol. The number of nitrogens with zero attached hydrogens (tertiary/aromatic N) is 3. The zero-order valence-corrected chi connectivity index (χ0v) is 17.6. The van der Waals surface area contributed by atoms with Gasteiger partial charge in [0.2, 0.25) is 5.91 Å². The average Bonchev–Trinajstić information content (AvgIpc) is 3.01. The summed E-state index contributed by atoms with van der Waals surface area (Å²) >= 11 is 0. The minimum atomic E-state index is -1.43. The van der Waals surface area contributed by atoms with Gasteiger partial charge in [-0.15, -0.1) is 0 Å². The number of hydrogen-bond donors (Lipinski definition) is 4. The summed E-state index contributed by atoms with van der Waals surface area (Å²) in [5.41, 5.74) is -0.842. The van der Waals surface area contributed by atoms with E-state index in [0.717, 1.165) is 23.9 Å². The van der Waals surface area contributed by atoms with Crippen molar-refractivity contribution in [1.29, 1.82) is 0 Å². The fraction of sp³-hybridized carbons (Fsp3) is 0.800. The van der Waals surface area contributed by atoms with Gasteiger partial charge in [0.25, 0.3) is 0 Å². The number of anilines is 1. The lowest BCUT2D eigenvalue weighted by Gasteiger charge is -2.15. The van der Waals surface area contributed by atoms with Gasteiger partial charge in [-0.05, 0) is 6.42 Å². The minimum Gasteiger partial charge on any atom is -0.394 e. The standard InChI is InChI=1S/C20H34N4O6/c1-2-3-4-5-6-7-8-9-10-11-16(26)22-15-12-21-24(20(29)23-15)19-18(28)17(27)14(13-25)30-19/h12,14,17-19,25,27-28H,2-11,13H2,1H3,(H,22,23,26,29)/t14-,17+,18?,19-/m1/s1. The van der Waals surface area contributed by atoms with Gasteiger partial charge < -0.3 is 25.4 Å². The van der Waals surface area contributed by atoms with Gasteiger partial charge in [-0.25, -0.2) is 4.79 Å². The molecule has 1 aliphatic rings. The second-order valence-electron chi connectivity index (χ2n) is 7.72. The summed E-state index contributed by atoms with van der Waals surface area (Å²) in [6.45, 7) is 1.69. The molecule has 30 heavy (non-hydrogen) atoms. The van der Waals surface area contributed by atoms with Crippen molar-refractivity contribution in [2.45, 2.75) is 95.7 Å². The maximum Gasteiger partial charge on any atom is 0.368 e. The molecular weight excluding hydrogens is 392 g/mol. The number of carbonyl (C=O) groups is 1. The topological polar surface area (TPSA) is 147 Å². The second kappa shape index (κ2) is 12.7. The van der Waals surface area contributed by atoms with Crippen molar-refractivity contribution in [3.8, 4) is 0 Å². The zero-order chi connectivity index (χ0) is 21.9. The lowest BCUT2D eigenvalue weighted by Crippen LogP contribution is -2.37. The lowest BCUT2D eigenvalue weighted by atomic mass is 10.1. The van der Waals surface area contributed by atoms with E-state index >= 15 is 0 Å². The lowest BCUT2D eigenvalue weighted by molar-refractivity contribution is -0.116. The van der Waals surface area contributed by atoms with E-state index in [-0.39, 0.29) is 11.7 Å².